The van der Waals surface area contributed by atoms with Gasteiger partial charge in [-0.05, 0) is 44.5 Å². The summed E-state index contributed by atoms with van der Waals surface area (Å²) < 4.78 is 11.1. The van der Waals surface area contributed by atoms with Crippen LogP contribution in [0.3, 0.4) is 0 Å². The van der Waals surface area contributed by atoms with Crippen LogP contribution in [0.25, 0.3) is 0 Å². The van der Waals surface area contributed by atoms with Crippen LogP contribution in [-0.2, 0) is 16.0 Å². The van der Waals surface area contributed by atoms with Crippen molar-refractivity contribution in [2.75, 3.05) is 26.8 Å². The number of phenolic OH excluding ortho intramolecular Hbond substituents is 1. The summed E-state index contributed by atoms with van der Waals surface area (Å²) in [6.07, 6.45) is 5.76. The van der Waals surface area contributed by atoms with Gasteiger partial charge in [-0.3, -0.25) is 4.79 Å². The smallest absolute Gasteiger partial charge is 0.328 e. The summed E-state index contributed by atoms with van der Waals surface area (Å²) >= 11 is 12.6. The van der Waals surface area contributed by atoms with Crippen molar-refractivity contribution in [3.63, 3.8) is 0 Å². The van der Waals surface area contributed by atoms with Gasteiger partial charge in [-0.15, -0.1) is 0 Å². The Morgan fingerprint density at radius 3 is 2.44 bits per heavy atom. The van der Waals surface area contributed by atoms with Crippen LogP contribution < -0.4 is 15.4 Å². The van der Waals surface area contributed by atoms with Gasteiger partial charge in [0, 0.05) is 6.42 Å². The summed E-state index contributed by atoms with van der Waals surface area (Å²) in [5, 5.41) is 16.3. The topological polar surface area (TPSA) is 96.9 Å². The zero-order chi connectivity index (χ0) is 26.3. The van der Waals surface area contributed by atoms with Crippen molar-refractivity contribution in [3.8, 4) is 11.5 Å². The fourth-order valence-electron chi connectivity index (χ4n) is 3.56. The fourth-order valence-corrected chi connectivity index (χ4v) is 4.12. The van der Waals surface area contributed by atoms with E-state index in [1.54, 1.807) is 0 Å². The van der Waals surface area contributed by atoms with Crippen molar-refractivity contribution in [2.45, 2.75) is 57.9 Å². The van der Waals surface area contributed by atoms with Gasteiger partial charge in [0.1, 0.15) is 11.1 Å². The highest BCUT2D eigenvalue weighted by Crippen LogP contribution is 2.42. The van der Waals surface area contributed by atoms with Crippen LogP contribution in [0.15, 0.2) is 36.4 Å². The Bertz CT molecular complexity index is 972. The maximum Gasteiger partial charge on any atom is 0.328 e. The molecular weight excluding hydrogens is 503 g/mol. The lowest BCUT2D eigenvalue weighted by Gasteiger charge is -2.19. The molecule has 7 nitrogen and oxygen atoms in total. The highest BCUT2D eigenvalue weighted by molar-refractivity contribution is 6.39. The van der Waals surface area contributed by atoms with E-state index in [1.165, 1.54) is 6.07 Å². The molecule has 0 aliphatic heterocycles. The first kappa shape index (κ1) is 29.7. The van der Waals surface area contributed by atoms with Gasteiger partial charge in [0.05, 0.1) is 23.8 Å². The molecule has 1 atom stereocenters. The number of ether oxygens (including phenoxy) is 2. The lowest BCUT2D eigenvalue weighted by molar-refractivity contribution is -0.146. The molecule has 0 aromatic heterocycles. The van der Waals surface area contributed by atoms with Gasteiger partial charge in [0.2, 0.25) is 0 Å². The molecule has 2 aromatic rings. The van der Waals surface area contributed by atoms with Crippen molar-refractivity contribution < 1.29 is 24.2 Å². The van der Waals surface area contributed by atoms with Crippen molar-refractivity contribution in [1.82, 2.24) is 10.6 Å². The molecule has 0 bridgehead atoms. The largest absolute Gasteiger partial charge is 0.505 e. The van der Waals surface area contributed by atoms with Crippen molar-refractivity contribution in [2.24, 2.45) is 0 Å². The monoisotopic (exact) mass is 538 g/mol. The van der Waals surface area contributed by atoms with Crippen LogP contribution >= 0.6 is 23.2 Å². The second-order valence-electron chi connectivity index (χ2n) is 8.50. The third-order valence-corrected chi connectivity index (χ3v) is 6.21. The molecule has 3 N–H and O–H groups in total. The zero-order valence-electron chi connectivity index (χ0n) is 20.9. The third-order valence-electron chi connectivity index (χ3n) is 5.58. The van der Waals surface area contributed by atoms with E-state index >= 15 is 0 Å². The number of esters is 1. The van der Waals surface area contributed by atoms with Crippen LogP contribution in [-0.4, -0.2) is 49.8 Å². The van der Waals surface area contributed by atoms with E-state index in [2.05, 4.69) is 17.6 Å². The first-order valence-corrected chi connectivity index (χ1v) is 13.1. The van der Waals surface area contributed by atoms with E-state index in [0.717, 1.165) is 50.6 Å². The summed E-state index contributed by atoms with van der Waals surface area (Å²) in [4.78, 5) is 25.9. The number of phenols is 1. The van der Waals surface area contributed by atoms with E-state index in [1.807, 2.05) is 37.4 Å². The lowest BCUT2D eigenvalue weighted by atomic mass is 10.0. The minimum Gasteiger partial charge on any atom is -0.505 e. The van der Waals surface area contributed by atoms with E-state index in [0.29, 0.717) is 6.61 Å². The summed E-state index contributed by atoms with van der Waals surface area (Å²) in [5.41, 5.74) is 0.703. The summed E-state index contributed by atoms with van der Waals surface area (Å²) in [6.45, 7) is 3.59. The summed E-state index contributed by atoms with van der Waals surface area (Å²) in [6, 6.07) is 9.64. The molecule has 9 heteroatoms. The van der Waals surface area contributed by atoms with Gasteiger partial charge < -0.3 is 25.2 Å². The molecule has 0 spiro atoms. The molecule has 2 aromatic carbocycles. The quantitative estimate of drug-likeness (QED) is 0.191. The van der Waals surface area contributed by atoms with Gasteiger partial charge in [-0.2, -0.15) is 0 Å². The standard InChI is InChI=1S/C27H36Cl2N2O5/c1-3-4-5-10-16-36-27(34)22(17-19-12-7-6-8-13-19)31-26(33)20-18-21(28)25(23(29)24(20)32)35-15-11-9-14-30-2/h6-8,12-13,18,22,30,32H,3-5,9-11,14-17H2,1-2H3,(H,31,33). The van der Waals surface area contributed by atoms with Crippen molar-refractivity contribution in [3.05, 3.63) is 57.6 Å². The van der Waals surface area contributed by atoms with Crippen LogP contribution in [0.2, 0.25) is 10.0 Å². The van der Waals surface area contributed by atoms with Crippen LogP contribution in [0.5, 0.6) is 11.5 Å². The number of amides is 1. The minimum atomic E-state index is -0.953. The number of aromatic hydroxyl groups is 1. The summed E-state index contributed by atoms with van der Waals surface area (Å²) in [7, 11) is 1.87. The second kappa shape index (κ2) is 16.3. The second-order valence-corrected chi connectivity index (χ2v) is 9.29. The number of benzene rings is 2. The molecule has 1 unspecified atom stereocenters. The maximum absolute atomic E-state index is 13.1. The Labute approximate surface area is 223 Å². The molecule has 0 heterocycles. The molecule has 1 amide bonds. The molecular formula is C27H36Cl2N2O5. The Morgan fingerprint density at radius 2 is 1.75 bits per heavy atom. The lowest BCUT2D eigenvalue weighted by Crippen LogP contribution is -2.43. The molecule has 198 valence electrons. The Kier molecular flexibility index (Phi) is 13.5. The fraction of sp³-hybridized carbons (Fsp3) is 0.481. The molecule has 0 aliphatic carbocycles. The van der Waals surface area contributed by atoms with Crippen molar-refractivity contribution >= 4 is 35.1 Å². The molecule has 2 rings (SSSR count). The highest BCUT2D eigenvalue weighted by atomic mass is 35.5. The first-order valence-electron chi connectivity index (χ1n) is 12.4. The van der Waals surface area contributed by atoms with Gasteiger partial charge in [0.15, 0.2) is 11.5 Å². The van der Waals surface area contributed by atoms with E-state index in [9.17, 15) is 14.7 Å². The Morgan fingerprint density at radius 1 is 1.03 bits per heavy atom. The molecule has 0 radical (unpaired) electrons. The van der Waals surface area contributed by atoms with Gasteiger partial charge in [-0.1, -0.05) is 79.7 Å². The van der Waals surface area contributed by atoms with Crippen LogP contribution in [0.1, 0.15) is 61.4 Å². The molecule has 0 saturated carbocycles. The predicted molar refractivity (Wildman–Crippen MR) is 143 cm³/mol. The predicted octanol–water partition coefficient (Wildman–Crippen LogP) is 5.54. The third kappa shape index (κ3) is 9.52. The number of nitrogens with one attached hydrogen (secondary N) is 2. The average Bonchev–Trinajstić information content (AvgIpc) is 2.87. The van der Waals surface area contributed by atoms with Crippen LogP contribution in [0, 0.1) is 0 Å². The van der Waals surface area contributed by atoms with E-state index in [4.69, 9.17) is 32.7 Å². The zero-order valence-corrected chi connectivity index (χ0v) is 22.5. The number of hydrogen-bond donors (Lipinski definition) is 3. The summed E-state index contributed by atoms with van der Waals surface area (Å²) in [5.74, 6) is -1.58. The first-order chi connectivity index (χ1) is 17.4. The van der Waals surface area contributed by atoms with Crippen molar-refractivity contribution in [1.29, 1.82) is 0 Å². The number of carbonyl (C=O) groups excluding carboxylic acids is 2. The van der Waals surface area contributed by atoms with Gasteiger partial charge in [0.25, 0.3) is 5.91 Å². The Hall–Kier alpha value is -2.48. The van der Waals surface area contributed by atoms with E-state index in [-0.39, 0.29) is 34.4 Å². The Balaban J connectivity index is 2.13. The highest BCUT2D eigenvalue weighted by Gasteiger charge is 2.27. The van der Waals surface area contributed by atoms with Gasteiger partial charge in [-0.25, -0.2) is 4.79 Å². The number of rotatable bonds is 16. The molecule has 0 aliphatic rings. The molecule has 36 heavy (non-hydrogen) atoms. The maximum atomic E-state index is 13.1. The number of unbranched alkanes of at least 4 members (excludes halogenated alkanes) is 4. The SMILES string of the molecule is CCCCCCOC(=O)C(Cc1ccccc1)NC(=O)c1cc(Cl)c(OCCCCNC)c(Cl)c1O. The van der Waals surface area contributed by atoms with E-state index < -0.39 is 23.7 Å². The minimum absolute atomic E-state index is 0.0923. The number of halogens is 2. The normalized spacial score (nSPS) is 11.7. The number of carbonyl (C=O) groups is 2. The number of hydrogen-bond acceptors (Lipinski definition) is 6. The van der Waals surface area contributed by atoms with Gasteiger partial charge >= 0.3 is 5.97 Å². The molecule has 0 fully saturated rings. The van der Waals surface area contributed by atoms with Crippen LogP contribution in [0.4, 0.5) is 0 Å². The molecule has 0 saturated heterocycles. The average molecular weight is 540 g/mol.